The minimum atomic E-state index is -0.244. The molecule has 0 unspecified atom stereocenters. The lowest BCUT2D eigenvalue weighted by Crippen LogP contribution is -2.20. The Balaban J connectivity index is 2.56. The molecule has 4 nitrogen and oxygen atoms in total. The molecule has 0 atom stereocenters. The summed E-state index contributed by atoms with van der Waals surface area (Å²) >= 11 is 0. The second-order valence-corrected chi connectivity index (χ2v) is 5.38. The van der Waals surface area contributed by atoms with E-state index in [1.807, 2.05) is 30.3 Å². The van der Waals surface area contributed by atoms with Crippen LogP contribution in [-0.2, 0) is 7.05 Å². The number of carbonyl (C=O) groups excluding carboxylic acids is 1. The normalized spacial score (nSPS) is 10.5. The summed E-state index contributed by atoms with van der Waals surface area (Å²) in [6.45, 7) is 1.48. The molecule has 0 bridgehead atoms. The third-order valence-electron chi connectivity index (χ3n) is 3.97. The Bertz CT molecular complexity index is 1030. The number of nitrogens with zero attached hydrogens (tertiary/aromatic N) is 2. The Morgan fingerprint density at radius 2 is 1.78 bits per heavy atom. The number of rotatable bonds is 2. The van der Waals surface area contributed by atoms with Crippen molar-refractivity contribution >= 4 is 16.6 Å². The molecule has 4 heteroatoms. The summed E-state index contributed by atoms with van der Waals surface area (Å²) in [5, 5.41) is 10.7. The van der Waals surface area contributed by atoms with Gasteiger partial charge in [0.15, 0.2) is 5.78 Å². The maximum atomic E-state index is 12.5. The molecular weight excluding hydrogens is 288 g/mol. The van der Waals surface area contributed by atoms with Crippen LogP contribution in [0.3, 0.4) is 0 Å². The molecular formula is C19H14N2O2. The molecule has 0 fully saturated rings. The van der Waals surface area contributed by atoms with Crippen LogP contribution in [0.15, 0.2) is 53.3 Å². The molecule has 3 rings (SSSR count). The van der Waals surface area contributed by atoms with Gasteiger partial charge in [-0.15, -0.1) is 0 Å². The largest absolute Gasteiger partial charge is 0.302 e. The first kappa shape index (κ1) is 14.7. The Morgan fingerprint density at radius 3 is 2.39 bits per heavy atom. The van der Waals surface area contributed by atoms with Gasteiger partial charge in [-0.25, -0.2) is 0 Å². The summed E-state index contributed by atoms with van der Waals surface area (Å²) < 4.78 is 1.36. The van der Waals surface area contributed by atoms with E-state index in [0.717, 1.165) is 5.56 Å². The van der Waals surface area contributed by atoms with Gasteiger partial charge in [0.25, 0.3) is 5.56 Å². The van der Waals surface area contributed by atoms with Crippen molar-refractivity contribution in [1.82, 2.24) is 4.57 Å². The molecule has 3 aromatic rings. The molecule has 0 N–H and O–H groups in total. The molecule has 0 amide bonds. The van der Waals surface area contributed by atoms with Crippen LogP contribution in [0.2, 0.25) is 0 Å². The third-order valence-corrected chi connectivity index (χ3v) is 3.97. The van der Waals surface area contributed by atoms with Crippen molar-refractivity contribution < 1.29 is 4.79 Å². The number of nitriles is 1. The lowest BCUT2D eigenvalue weighted by atomic mass is 9.95. The van der Waals surface area contributed by atoms with Crippen molar-refractivity contribution in [2.75, 3.05) is 0 Å². The molecule has 0 radical (unpaired) electrons. The number of Topliss-reactive ketones (excluding diaryl/α,β-unsaturated/α-hetero) is 1. The first-order chi connectivity index (χ1) is 11.0. The van der Waals surface area contributed by atoms with E-state index in [2.05, 4.69) is 6.07 Å². The Morgan fingerprint density at radius 1 is 1.09 bits per heavy atom. The molecule has 112 valence electrons. The van der Waals surface area contributed by atoms with E-state index < -0.39 is 0 Å². The van der Waals surface area contributed by atoms with E-state index >= 15 is 0 Å². The predicted molar refractivity (Wildman–Crippen MR) is 89.3 cm³/mol. The topological polar surface area (TPSA) is 62.9 Å². The van der Waals surface area contributed by atoms with Gasteiger partial charge >= 0.3 is 0 Å². The van der Waals surface area contributed by atoms with Gasteiger partial charge in [0.05, 0.1) is 0 Å². The van der Waals surface area contributed by atoms with Crippen molar-refractivity contribution in [3.8, 4) is 17.2 Å². The summed E-state index contributed by atoms with van der Waals surface area (Å²) in [6, 6.07) is 16.5. The third kappa shape index (κ3) is 2.33. The average molecular weight is 302 g/mol. The van der Waals surface area contributed by atoms with Crippen LogP contribution < -0.4 is 5.56 Å². The van der Waals surface area contributed by atoms with Crippen molar-refractivity contribution in [2.45, 2.75) is 6.92 Å². The molecule has 0 aliphatic heterocycles. The SMILES string of the molecule is CC(=O)c1ccc2c(=O)n(C)c(C#N)c(-c3ccccc3)c2c1. The van der Waals surface area contributed by atoms with Crippen molar-refractivity contribution in [2.24, 2.45) is 7.05 Å². The molecule has 23 heavy (non-hydrogen) atoms. The van der Waals surface area contributed by atoms with Crippen LogP contribution in [0.4, 0.5) is 0 Å². The summed E-state index contributed by atoms with van der Waals surface area (Å²) in [5.74, 6) is -0.0786. The lowest BCUT2D eigenvalue weighted by Gasteiger charge is -2.13. The quantitative estimate of drug-likeness (QED) is 0.682. The van der Waals surface area contributed by atoms with E-state index in [9.17, 15) is 14.9 Å². The van der Waals surface area contributed by atoms with Gasteiger partial charge in [0.2, 0.25) is 0 Å². The van der Waals surface area contributed by atoms with Crippen LogP contribution in [0.25, 0.3) is 21.9 Å². The van der Waals surface area contributed by atoms with Crippen LogP contribution in [-0.4, -0.2) is 10.4 Å². The Kier molecular flexibility index (Phi) is 3.55. The number of hydrogen-bond acceptors (Lipinski definition) is 3. The maximum Gasteiger partial charge on any atom is 0.259 e. The zero-order chi connectivity index (χ0) is 16.6. The highest BCUT2D eigenvalue weighted by Gasteiger charge is 2.17. The minimum Gasteiger partial charge on any atom is -0.302 e. The molecule has 0 aliphatic rings. The molecule has 0 saturated carbocycles. The van der Waals surface area contributed by atoms with Crippen molar-refractivity contribution in [3.05, 3.63) is 70.1 Å². The zero-order valence-corrected chi connectivity index (χ0v) is 12.8. The maximum absolute atomic E-state index is 12.5. The highest BCUT2D eigenvalue weighted by molar-refractivity contribution is 6.04. The number of carbonyl (C=O) groups is 1. The van der Waals surface area contributed by atoms with Crippen LogP contribution in [0, 0.1) is 11.3 Å². The van der Waals surface area contributed by atoms with Gasteiger partial charge < -0.3 is 4.57 Å². The molecule has 0 saturated heterocycles. The van der Waals surface area contributed by atoms with Crippen molar-refractivity contribution in [1.29, 1.82) is 5.26 Å². The molecule has 0 aliphatic carbocycles. The van der Waals surface area contributed by atoms with Gasteiger partial charge in [0.1, 0.15) is 11.8 Å². The van der Waals surface area contributed by atoms with Gasteiger partial charge in [-0.05, 0) is 30.0 Å². The van der Waals surface area contributed by atoms with Crippen molar-refractivity contribution in [3.63, 3.8) is 0 Å². The van der Waals surface area contributed by atoms with E-state index in [0.29, 0.717) is 21.9 Å². The van der Waals surface area contributed by atoms with E-state index in [1.165, 1.54) is 11.5 Å². The fourth-order valence-electron chi connectivity index (χ4n) is 2.76. The number of benzene rings is 2. The zero-order valence-electron chi connectivity index (χ0n) is 12.8. The van der Waals surface area contributed by atoms with E-state index in [-0.39, 0.29) is 17.0 Å². The Hall–Kier alpha value is -3.19. The fraction of sp³-hybridized carbons (Fsp3) is 0.105. The molecule has 1 aromatic heterocycles. The number of fused-ring (bicyclic) bond motifs is 1. The second kappa shape index (κ2) is 5.54. The van der Waals surface area contributed by atoms with Gasteiger partial charge in [-0.3, -0.25) is 9.59 Å². The standard InChI is InChI=1S/C19H14N2O2/c1-12(22)14-8-9-15-16(10-14)18(13-6-4-3-5-7-13)17(11-20)21(2)19(15)23/h3-10H,1-2H3. The molecule has 1 heterocycles. The summed E-state index contributed by atoms with van der Waals surface area (Å²) in [5.41, 5.74) is 2.08. The van der Waals surface area contributed by atoms with Gasteiger partial charge in [-0.1, -0.05) is 36.4 Å². The van der Waals surface area contributed by atoms with E-state index in [4.69, 9.17) is 0 Å². The minimum absolute atomic E-state index is 0.0786. The van der Waals surface area contributed by atoms with E-state index in [1.54, 1.807) is 25.2 Å². The predicted octanol–water partition coefficient (Wildman–Crippen LogP) is 3.28. The summed E-state index contributed by atoms with van der Waals surface area (Å²) in [7, 11) is 1.59. The van der Waals surface area contributed by atoms with Crippen LogP contribution in [0.5, 0.6) is 0 Å². The number of hydrogen-bond donors (Lipinski definition) is 0. The first-order valence-electron chi connectivity index (χ1n) is 7.17. The molecule has 2 aromatic carbocycles. The van der Waals surface area contributed by atoms with Crippen LogP contribution >= 0.6 is 0 Å². The fourth-order valence-corrected chi connectivity index (χ4v) is 2.76. The highest BCUT2D eigenvalue weighted by atomic mass is 16.1. The number of ketones is 1. The Labute approximate surface area is 133 Å². The smallest absolute Gasteiger partial charge is 0.259 e. The monoisotopic (exact) mass is 302 g/mol. The van der Waals surface area contributed by atoms with Gasteiger partial charge in [-0.2, -0.15) is 5.26 Å². The summed E-state index contributed by atoms with van der Waals surface area (Å²) in [4.78, 5) is 24.2. The van der Waals surface area contributed by atoms with Gasteiger partial charge in [0, 0.05) is 23.6 Å². The summed E-state index contributed by atoms with van der Waals surface area (Å²) in [6.07, 6.45) is 0. The first-order valence-corrected chi connectivity index (χ1v) is 7.17. The number of aromatic nitrogens is 1. The number of pyridine rings is 1. The lowest BCUT2D eigenvalue weighted by molar-refractivity contribution is 0.101. The van der Waals surface area contributed by atoms with Crippen LogP contribution in [0.1, 0.15) is 23.0 Å². The average Bonchev–Trinajstić information content (AvgIpc) is 2.58. The highest BCUT2D eigenvalue weighted by Crippen LogP contribution is 2.30. The second-order valence-electron chi connectivity index (χ2n) is 5.38. The molecule has 0 spiro atoms.